The summed E-state index contributed by atoms with van der Waals surface area (Å²) < 4.78 is 62.0. The van der Waals surface area contributed by atoms with Crippen LogP contribution in [0, 0.1) is 0 Å². The second kappa shape index (κ2) is 9.27. The first-order valence-electron chi connectivity index (χ1n) is 9.19. The highest BCUT2D eigenvalue weighted by Crippen LogP contribution is 2.55. The SMILES string of the molecule is COC1=CC(=C2CC(=O)c3c(OC)c(OC)c(OC)c(OC)c3O2)C(=S(=O)=O)C=C1OC. The second-order valence-corrected chi connectivity index (χ2v) is 7.31. The lowest BCUT2D eigenvalue weighted by molar-refractivity contribution is 0.0956. The van der Waals surface area contributed by atoms with Gasteiger partial charge in [0, 0.05) is 11.6 Å². The number of ether oxygens (including phenoxy) is 7. The van der Waals surface area contributed by atoms with E-state index in [4.69, 9.17) is 33.2 Å². The van der Waals surface area contributed by atoms with Crippen LogP contribution in [0.5, 0.6) is 28.7 Å². The van der Waals surface area contributed by atoms with Crippen molar-refractivity contribution < 1.29 is 46.4 Å². The molecule has 0 aromatic heterocycles. The molecule has 2 aliphatic rings. The van der Waals surface area contributed by atoms with E-state index in [1.54, 1.807) is 0 Å². The molecule has 3 rings (SSSR count). The topological polar surface area (TPSA) is 116 Å². The number of hydrogen-bond acceptors (Lipinski definition) is 10. The van der Waals surface area contributed by atoms with Crippen molar-refractivity contribution in [1.29, 1.82) is 0 Å². The highest BCUT2D eigenvalue weighted by molar-refractivity contribution is 7.73. The van der Waals surface area contributed by atoms with Gasteiger partial charge >= 0.3 is 0 Å². The molecule has 0 spiro atoms. The van der Waals surface area contributed by atoms with Crippen molar-refractivity contribution in [2.75, 3.05) is 42.7 Å². The molecule has 1 heterocycles. The molecule has 1 aromatic rings. The zero-order valence-corrected chi connectivity index (χ0v) is 19.2. The summed E-state index contributed by atoms with van der Waals surface area (Å²) in [5.74, 6) is 0.709. The molecule has 0 unspecified atom stereocenters. The fourth-order valence-corrected chi connectivity index (χ4v) is 4.06. The molecule has 1 aliphatic heterocycles. The van der Waals surface area contributed by atoms with Crippen molar-refractivity contribution >= 4 is 20.9 Å². The Kier molecular flexibility index (Phi) is 6.68. The smallest absolute Gasteiger partial charge is 0.222 e. The van der Waals surface area contributed by atoms with Gasteiger partial charge in [0.25, 0.3) is 0 Å². The van der Waals surface area contributed by atoms with Gasteiger partial charge in [-0.15, -0.1) is 0 Å². The van der Waals surface area contributed by atoms with Gasteiger partial charge in [-0.25, -0.2) is 0 Å². The molecule has 0 amide bonds. The van der Waals surface area contributed by atoms with E-state index in [2.05, 4.69) is 0 Å². The third-order valence-electron chi connectivity index (χ3n) is 4.89. The van der Waals surface area contributed by atoms with Crippen LogP contribution < -0.4 is 23.7 Å². The first kappa shape index (κ1) is 23.1. The molecule has 0 radical (unpaired) electrons. The van der Waals surface area contributed by atoms with E-state index in [1.165, 1.54) is 54.8 Å². The van der Waals surface area contributed by atoms with Gasteiger partial charge < -0.3 is 33.2 Å². The third-order valence-corrected chi connectivity index (χ3v) is 5.58. The number of carbonyl (C=O) groups is 1. The van der Waals surface area contributed by atoms with Crippen LogP contribution in [0.15, 0.2) is 35.0 Å². The van der Waals surface area contributed by atoms with E-state index in [1.807, 2.05) is 0 Å². The van der Waals surface area contributed by atoms with Gasteiger partial charge in [0.2, 0.25) is 27.5 Å². The summed E-state index contributed by atoms with van der Waals surface area (Å²) in [5.41, 5.74) is 0.238. The fraction of sp³-hybridized carbons (Fsp3) is 0.333. The van der Waals surface area contributed by atoms with Crippen molar-refractivity contribution in [3.05, 3.63) is 40.6 Å². The summed E-state index contributed by atoms with van der Waals surface area (Å²) in [4.78, 5) is 13.1. The number of allylic oxidation sites excluding steroid dienone is 4. The minimum absolute atomic E-state index is 0.0191. The Hall–Kier alpha value is -3.60. The zero-order chi connectivity index (χ0) is 23.6. The highest BCUT2D eigenvalue weighted by atomic mass is 32.2. The van der Waals surface area contributed by atoms with E-state index in [0.29, 0.717) is 0 Å². The fourth-order valence-electron chi connectivity index (χ4n) is 3.50. The Labute approximate surface area is 186 Å². The van der Waals surface area contributed by atoms with Crippen LogP contribution >= 0.6 is 0 Å². The maximum absolute atomic E-state index is 13.2. The molecule has 0 saturated heterocycles. The number of carbonyl (C=O) groups excluding carboxylic acids is 1. The van der Waals surface area contributed by atoms with Crippen molar-refractivity contribution in [1.82, 2.24) is 0 Å². The average Bonchev–Trinajstić information content (AvgIpc) is 2.80. The number of hydrogen-bond donors (Lipinski definition) is 0. The monoisotopic (exact) mass is 466 g/mol. The third kappa shape index (κ3) is 3.64. The van der Waals surface area contributed by atoms with E-state index in [0.717, 1.165) is 0 Å². The number of rotatable bonds is 6. The average molecular weight is 466 g/mol. The first-order chi connectivity index (χ1) is 15.4. The number of fused-ring (bicyclic) bond motifs is 1. The Morgan fingerprint density at radius 1 is 0.750 bits per heavy atom. The van der Waals surface area contributed by atoms with Crippen LogP contribution in [0.2, 0.25) is 0 Å². The Morgan fingerprint density at radius 2 is 1.28 bits per heavy atom. The Bertz CT molecular complexity index is 1190. The van der Waals surface area contributed by atoms with Crippen LogP contribution in [0.25, 0.3) is 0 Å². The molecular formula is C21H22O10S. The molecule has 172 valence electrons. The number of benzene rings is 1. The Morgan fingerprint density at radius 3 is 1.78 bits per heavy atom. The van der Waals surface area contributed by atoms with Gasteiger partial charge in [-0.3, -0.25) is 4.79 Å². The van der Waals surface area contributed by atoms with Crippen molar-refractivity contribution in [2.45, 2.75) is 6.42 Å². The molecule has 1 aliphatic carbocycles. The van der Waals surface area contributed by atoms with E-state index < -0.39 is 16.1 Å². The van der Waals surface area contributed by atoms with E-state index >= 15 is 0 Å². The van der Waals surface area contributed by atoms with Gasteiger partial charge in [-0.05, 0) is 6.08 Å². The van der Waals surface area contributed by atoms with Crippen molar-refractivity contribution in [2.24, 2.45) is 0 Å². The van der Waals surface area contributed by atoms with Gasteiger partial charge in [-0.2, -0.15) is 8.42 Å². The van der Waals surface area contributed by atoms with E-state index in [-0.39, 0.29) is 68.4 Å². The van der Waals surface area contributed by atoms with Crippen LogP contribution in [0.3, 0.4) is 0 Å². The van der Waals surface area contributed by atoms with Crippen molar-refractivity contribution in [3.63, 3.8) is 0 Å². The summed E-state index contributed by atoms with van der Waals surface area (Å²) in [5, 5.41) is 0. The lowest BCUT2D eigenvalue weighted by atomic mass is 9.95. The summed E-state index contributed by atoms with van der Waals surface area (Å²) in [6, 6.07) is 0. The molecule has 0 bridgehead atoms. The van der Waals surface area contributed by atoms with Crippen LogP contribution in [-0.4, -0.2) is 61.7 Å². The minimum Gasteiger partial charge on any atom is -0.493 e. The van der Waals surface area contributed by atoms with Gasteiger partial charge in [-0.1, -0.05) is 0 Å². The predicted molar refractivity (Wildman–Crippen MR) is 113 cm³/mol. The molecule has 0 atom stereocenters. The maximum atomic E-state index is 13.2. The summed E-state index contributed by atoms with van der Waals surface area (Å²) in [6.07, 6.45) is 2.48. The lowest BCUT2D eigenvalue weighted by Crippen LogP contribution is -2.21. The van der Waals surface area contributed by atoms with Gasteiger partial charge in [0.15, 0.2) is 28.8 Å². The minimum atomic E-state index is -2.66. The largest absolute Gasteiger partial charge is 0.493 e. The summed E-state index contributed by atoms with van der Waals surface area (Å²) in [7, 11) is 5.69. The Balaban J connectivity index is 2.34. The molecular weight excluding hydrogens is 444 g/mol. The molecule has 0 N–H and O–H groups in total. The van der Waals surface area contributed by atoms with E-state index in [9.17, 15) is 13.2 Å². The molecule has 11 heteroatoms. The lowest BCUT2D eigenvalue weighted by Gasteiger charge is -2.27. The van der Waals surface area contributed by atoms with Gasteiger partial charge in [0.1, 0.15) is 16.2 Å². The highest BCUT2D eigenvalue weighted by Gasteiger charge is 2.38. The second-order valence-electron chi connectivity index (χ2n) is 6.40. The number of ketones is 1. The molecule has 10 nitrogen and oxygen atoms in total. The van der Waals surface area contributed by atoms with Crippen LogP contribution in [0.1, 0.15) is 16.8 Å². The summed E-state index contributed by atoms with van der Waals surface area (Å²) >= 11 is 0. The predicted octanol–water partition coefficient (Wildman–Crippen LogP) is 2.07. The standard InChI is InChI=1S/C21H22O10S/c1-25-13-7-10(15(32(23)24)9-14(13)26-2)12-8-11(22)16-17(27-3)19(28-4)21(30-6)20(29-5)18(16)31-12/h7,9H,8H2,1-6H3. The molecule has 0 saturated carbocycles. The normalized spacial score (nSPS) is 17.4. The number of methoxy groups -OCH3 is 6. The van der Waals surface area contributed by atoms with Gasteiger partial charge in [0.05, 0.1) is 49.1 Å². The zero-order valence-electron chi connectivity index (χ0n) is 18.4. The molecule has 0 fully saturated rings. The molecule has 1 aromatic carbocycles. The maximum Gasteiger partial charge on any atom is 0.222 e. The van der Waals surface area contributed by atoms with Crippen LogP contribution in [-0.2, 0) is 19.8 Å². The quantitative estimate of drug-likeness (QED) is 0.456. The summed E-state index contributed by atoms with van der Waals surface area (Å²) in [6.45, 7) is 0. The number of Topliss-reactive ketones (excluding diaryl/α,β-unsaturated/α-hetero) is 1. The molecule has 32 heavy (non-hydrogen) atoms. The first-order valence-corrected chi connectivity index (χ1v) is 10.3. The van der Waals surface area contributed by atoms with Crippen LogP contribution in [0.4, 0.5) is 0 Å². The van der Waals surface area contributed by atoms with Crippen molar-refractivity contribution in [3.8, 4) is 28.7 Å².